The van der Waals surface area contributed by atoms with Crippen LogP contribution in [0.15, 0.2) is 12.1 Å². The molecular formula is C18H27IN4O2. The highest BCUT2D eigenvalue weighted by Gasteiger charge is 2.27. The fourth-order valence-electron chi connectivity index (χ4n) is 3.72. The summed E-state index contributed by atoms with van der Waals surface area (Å²) in [5.74, 6) is 1.19. The van der Waals surface area contributed by atoms with Crippen molar-refractivity contribution in [2.75, 3.05) is 31.6 Å². The standard InChI is InChI=1S/C18H27IN4O2/c1-22(15-4-2-14(19)3-5-15)18(25)16-6-7-17(21-20-16)23-10-8-13(12-24)9-11-23/h6-7,13-15,24H,2-5,8-12H2,1H3. The molecule has 1 aromatic rings. The van der Waals surface area contributed by atoms with E-state index in [0.29, 0.717) is 17.7 Å². The van der Waals surface area contributed by atoms with E-state index in [1.54, 1.807) is 6.07 Å². The average molecular weight is 458 g/mol. The highest BCUT2D eigenvalue weighted by atomic mass is 127. The number of alkyl halides is 1. The maximum absolute atomic E-state index is 12.7. The fraction of sp³-hybridized carbons (Fsp3) is 0.722. The number of hydrogen-bond acceptors (Lipinski definition) is 5. The summed E-state index contributed by atoms with van der Waals surface area (Å²) in [7, 11) is 1.88. The molecule has 2 heterocycles. The van der Waals surface area contributed by atoms with E-state index in [2.05, 4.69) is 37.7 Å². The van der Waals surface area contributed by atoms with Gasteiger partial charge in [-0.3, -0.25) is 4.79 Å². The second kappa shape index (κ2) is 8.62. The van der Waals surface area contributed by atoms with Gasteiger partial charge in [0.25, 0.3) is 5.91 Å². The highest BCUT2D eigenvalue weighted by molar-refractivity contribution is 14.1. The maximum atomic E-state index is 12.7. The molecule has 1 saturated carbocycles. The molecule has 25 heavy (non-hydrogen) atoms. The number of nitrogens with zero attached hydrogens (tertiary/aromatic N) is 4. The third kappa shape index (κ3) is 4.61. The zero-order valence-electron chi connectivity index (χ0n) is 14.8. The molecule has 1 saturated heterocycles. The van der Waals surface area contributed by atoms with Crippen LogP contribution in [-0.4, -0.2) is 62.8 Å². The van der Waals surface area contributed by atoms with Crippen LogP contribution in [0.2, 0.25) is 0 Å². The Morgan fingerprint density at radius 2 is 1.88 bits per heavy atom. The zero-order valence-corrected chi connectivity index (χ0v) is 16.9. The number of hydrogen-bond donors (Lipinski definition) is 1. The normalized spacial score (nSPS) is 25.0. The van der Waals surface area contributed by atoms with Gasteiger partial charge in [-0.15, -0.1) is 10.2 Å². The number of rotatable bonds is 4. The van der Waals surface area contributed by atoms with Crippen LogP contribution in [0.4, 0.5) is 5.82 Å². The van der Waals surface area contributed by atoms with Gasteiger partial charge in [0.15, 0.2) is 11.5 Å². The topological polar surface area (TPSA) is 69.6 Å². The van der Waals surface area contributed by atoms with E-state index in [4.69, 9.17) is 0 Å². The lowest BCUT2D eigenvalue weighted by atomic mass is 9.94. The summed E-state index contributed by atoms with van der Waals surface area (Å²) in [5, 5.41) is 17.7. The van der Waals surface area contributed by atoms with Gasteiger partial charge in [0, 0.05) is 36.7 Å². The highest BCUT2D eigenvalue weighted by Crippen LogP contribution is 2.28. The van der Waals surface area contributed by atoms with Crippen LogP contribution in [0.1, 0.15) is 49.0 Å². The van der Waals surface area contributed by atoms with Gasteiger partial charge in [0.2, 0.25) is 0 Å². The lowest BCUT2D eigenvalue weighted by Crippen LogP contribution is -2.40. The molecule has 2 aliphatic rings. The molecule has 1 amide bonds. The summed E-state index contributed by atoms with van der Waals surface area (Å²) < 4.78 is 0.742. The summed E-state index contributed by atoms with van der Waals surface area (Å²) in [6, 6.07) is 4.01. The molecule has 138 valence electrons. The third-order valence-corrected chi connectivity index (χ3v) is 6.81. The van der Waals surface area contributed by atoms with E-state index in [0.717, 1.165) is 48.5 Å². The first-order chi connectivity index (χ1) is 12.1. The minimum Gasteiger partial charge on any atom is -0.396 e. The van der Waals surface area contributed by atoms with Crippen molar-refractivity contribution in [1.82, 2.24) is 15.1 Å². The Labute approximate surface area is 163 Å². The summed E-state index contributed by atoms with van der Waals surface area (Å²) in [6.07, 6.45) is 6.44. The van der Waals surface area contributed by atoms with Crippen molar-refractivity contribution in [3.63, 3.8) is 0 Å². The Hall–Kier alpha value is -0.960. The molecule has 7 heteroatoms. The van der Waals surface area contributed by atoms with Crippen LogP contribution >= 0.6 is 22.6 Å². The molecule has 1 aromatic heterocycles. The molecule has 0 bridgehead atoms. The monoisotopic (exact) mass is 458 g/mol. The van der Waals surface area contributed by atoms with E-state index in [-0.39, 0.29) is 12.5 Å². The van der Waals surface area contributed by atoms with Crippen molar-refractivity contribution < 1.29 is 9.90 Å². The third-order valence-electron chi connectivity index (χ3n) is 5.56. The quantitative estimate of drug-likeness (QED) is 0.555. The van der Waals surface area contributed by atoms with E-state index in [1.807, 2.05) is 18.0 Å². The first-order valence-electron chi connectivity index (χ1n) is 9.19. The van der Waals surface area contributed by atoms with Crippen molar-refractivity contribution in [3.05, 3.63) is 17.8 Å². The lowest BCUT2D eigenvalue weighted by molar-refractivity contribution is 0.0692. The van der Waals surface area contributed by atoms with Gasteiger partial charge < -0.3 is 14.9 Å². The Morgan fingerprint density at radius 1 is 1.20 bits per heavy atom. The van der Waals surface area contributed by atoms with E-state index in [1.165, 1.54) is 12.8 Å². The van der Waals surface area contributed by atoms with Crippen molar-refractivity contribution in [2.45, 2.75) is 48.5 Å². The Bertz CT molecular complexity index is 567. The predicted octanol–water partition coefficient (Wildman–Crippen LogP) is 2.50. The number of carbonyl (C=O) groups is 1. The Balaban J connectivity index is 1.59. The molecule has 0 spiro atoms. The van der Waals surface area contributed by atoms with Crippen LogP contribution < -0.4 is 4.90 Å². The number of aliphatic hydroxyl groups excluding tert-OH is 1. The molecule has 0 atom stereocenters. The maximum Gasteiger partial charge on any atom is 0.274 e. The van der Waals surface area contributed by atoms with Gasteiger partial charge in [-0.1, -0.05) is 22.6 Å². The lowest BCUT2D eigenvalue weighted by Gasteiger charge is -2.33. The molecule has 0 unspecified atom stereocenters. The van der Waals surface area contributed by atoms with Crippen LogP contribution in [0.3, 0.4) is 0 Å². The first-order valence-corrected chi connectivity index (χ1v) is 10.4. The first kappa shape index (κ1) is 18.8. The minimum atomic E-state index is -0.0325. The zero-order chi connectivity index (χ0) is 17.8. The average Bonchev–Trinajstić information content (AvgIpc) is 2.67. The summed E-state index contributed by atoms with van der Waals surface area (Å²) in [4.78, 5) is 16.7. The van der Waals surface area contributed by atoms with Crippen molar-refractivity contribution in [2.24, 2.45) is 5.92 Å². The van der Waals surface area contributed by atoms with Crippen molar-refractivity contribution in [3.8, 4) is 0 Å². The van der Waals surface area contributed by atoms with Crippen LogP contribution in [0.25, 0.3) is 0 Å². The molecule has 0 aromatic carbocycles. The summed E-state index contributed by atoms with van der Waals surface area (Å²) in [6.45, 7) is 2.03. The van der Waals surface area contributed by atoms with Crippen LogP contribution in [-0.2, 0) is 0 Å². The van der Waals surface area contributed by atoms with Gasteiger partial charge in [-0.25, -0.2) is 0 Å². The number of halogens is 1. The summed E-state index contributed by atoms with van der Waals surface area (Å²) >= 11 is 2.50. The molecule has 1 aliphatic carbocycles. The smallest absolute Gasteiger partial charge is 0.274 e. The molecule has 1 aliphatic heterocycles. The van der Waals surface area contributed by atoms with Crippen molar-refractivity contribution >= 4 is 34.3 Å². The van der Waals surface area contributed by atoms with Crippen molar-refractivity contribution in [1.29, 1.82) is 0 Å². The number of aromatic nitrogens is 2. The van der Waals surface area contributed by atoms with Gasteiger partial charge in [0.05, 0.1) is 0 Å². The number of aliphatic hydroxyl groups is 1. The largest absolute Gasteiger partial charge is 0.396 e. The molecular weight excluding hydrogens is 431 g/mol. The molecule has 3 rings (SSSR count). The van der Waals surface area contributed by atoms with Gasteiger partial charge in [0.1, 0.15) is 0 Å². The van der Waals surface area contributed by atoms with Gasteiger partial charge in [-0.05, 0) is 56.6 Å². The second-order valence-corrected chi connectivity index (χ2v) is 8.97. The SMILES string of the molecule is CN(C(=O)c1ccc(N2CCC(CO)CC2)nn1)C1CCC(I)CC1. The number of anilines is 1. The van der Waals surface area contributed by atoms with Crippen LogP contribution in [0, 0.1) is 5.92 Å². The van der Waals surface area contributed by atoms with E-state index in [9.17, 15) is 9.90 Å². The Kier molecular flexibility index (Phi) is 6.49. The predicted molar refractivity (Wildman–Crippen MR) is 106 cm³/mol. The Morgan fingerprint density at radius 3 is 2.44 bits per heavy atom. The molecule has 2 fully saturated rings. The van der Waals surface area contributed by atoms with E-state index >= 15 is 0 Å². The molecule has 1 N–H and O–H groups in total. The minimum absolute atomic E-state index is 0.0325. The van der Waals surface area contributed by atoms with Crippen LogP contribution in [0.5, 0.6) is 0 Å². The number of carbonyl (C=O) groups excluding carboxylic acids is 1. The van der Waals surface area contributed by atoms with E-state index < -0.39 is 0 Å². The summed E-state index contributed by atoms with van der Waals surface area (Å²) in [5.41, 5.74) is 0.424. The number of piperidine rings is 1. The van der Waals surface area contributed by atoms with Gasteiger partial charge in [-0.2, -0.15) is 0 Å². The van der Waals surface area contributed by atoms with Gasteiger partial charge >= 0.3 is 0 Å². The molecule has 0 radical (unpaired) electrons. The second-order valence-electron chi connectivity index (χ2n) is 7.21. The number of amides is 1. The molecule has 6 nitrogen and oxygen atoms in total. The fourth-order valence-corrected chi connectivity index (χ4v) is 4.44.